The molecule has 166 valence electrons. The Morgan fingerprint density at radius 2 is 1.71 bits per heavy atom. The van der Waals surface area contributed by atoms with E-state index >= 15 is 0 Å². The van der Waals surface area contributed by atoms with E-state index in [4.69, 9.17) is 0 Å². The zero-order valence-corrected chi connectivity index (χ0v) is 18.4. The maximum absolute atomic E-state index is 14.2. The van der Waals surface area contributed by atoms with Crippen LogP contribution in [0.15, 0.2) is 54.6 Å². The first-order valence-corrected chi connectivity index (χ1v) is 11.5. The van der Waals surface area contributed by atoms with Crippen LogP contribution in [0.2, 0.25) is 0 Å². The molecule has 2 aromatic rings. The molecular weight excluding hydrogens is 391 g/mol. The molecule has 0 heterocycles. The van der Waals surface area contributed by atoms with E-state index in [1.165, 1.54) is 12.5 Å². The third-order valence-corrected chi connectivity index (χ3v) is 6.12. The van der Waals surface area contributed by atoms with Crippen molar-refractivity contribution >= 4 is 11.8 Å². The Morgan fingerprint density at radius 3 is 2.39 bits per heavy atom. The fourth-order valence-corrected chi connectivity index (χ4v) is 4.35. The number of hydrogen-bond donors (Lipinski definition) is 1. The number of nitrogens with zero attached hydrogens (tertiary/aromatic N) is 1. The van der Waals surface area contributed by atoms with Gasteiger partial charge in [-0.15, -0.1) is 0 Å². The molecule has 0 aliphatic heterocycles. The van der Waals surface area contributed by atoms with Crippen molar-refractivity contribution in [3.63, 3.8) is 0 Å². The van der Waals surface area contributed by atoms with Crippen LogP contribution in [0.25, 0.3) is 0 Å². The first kappa shape index (κ1) is 23.0. The Morgan fingerprint density at radius 1 is 1.03 bits per heavy atom. The third kappa shape index (κ3) is 6.65. The molecule has 0 spiro atoms. The van der Waals surface area contributed by atoms with Crippen LogP contribution in [-0.4, -0.2) is 35.3 Å². The van der Waals surface area contributed by atoms with Crippen LogP contribution in [0.3, 0.4) is 0 Å². The van der Waals surface area contributed by atoms with E-state index in [1.807, 2.05) is 37.3 Å². The highest BCUT2D eigenvalue weighted by molar-refractivity contribution is 5.88. The van der Waals surface area contributed by atoms with Crippen LogP contribution < -0.4 is 5.32 Å². The molecule has 1 atom stereocenters. The highest BCUT2D eigenvalue weighted by atomic mass is 19.1. The van der Waals surface area contributed by atoms with Gasteiger partial charge in [-0.3, -0.25) is 9.59 Å². The number of carbonyl (C=O) groups is 2. The van der Waals surface area contributed by atoms with Gasteiger partial charge < -0.3 is 10.2 Å². The fourth-order valence-electron chi connectivity index (χ4n) is 4.35. The van der Waals surface area contributed by atoms with Gasteiger partial charge in [0, 0.05) is 12.6 Å². The van der Waals surface area contributed by atoms with Gasteiger partial charge in [0.1, 0.15) is 11.9 Å². The van der Waals surface area contributed by atoms with Crippen LogP contribution in [-0.2, 0) is 22.4 Å². The fraction of sp³-hybridized carbons (Fsp3) is 0.462. The van der Waals surface area contributed by atoms with Gasteiger partial charge in [0.25, 0.3) is 0 Å². The highest BCUT2D eigenvalue weighted by Crippen LogP contribution is 2.19. The summed E-state index contributed by atoms with van der Waals surface area (Å²) >= 11 is 0. The van der Waals surface area contributed by atoms with Gasteiger partial charge >= 0.3 is 0 Å². The van der Waals surface area contributed by atoms with Gasteiger partial charge in [-0.1, -0.05) is 74.7 Å². The van der Waals surface area contributed by atoms with Crippen LogP contribution in [0.1, 0.15) is 56.6 Å². The summed E-state index contributed by atoms with van der Waals surface area (Å²) in [5.74, 6) is -0.699. The molecule has 0 aromatic heterocycles. The van der Waals surface area contributed by atoms with Crippen LogP contribution in [0, 0.1) is 5.82 Å². The maximum Gasteiger partial charge on any atom is 0.243 e. The lowest BCUT2D eigenvalue weighted by Gasteiger charge is -2.33. The summed E-state index contributed by atoms with van der Waals surface area (Å²) in [4.78, 5) is 28.1. The molecule has 2 aromatic carbocycles. The molecule has 2 amide bonds. The van der Waals surface area contributed by atoms with Gasteiger partial charge in [-0.2, -0.15) is 0 Å². The Labute approximate surface area is 184 Å². The lowest BCUT2D eigenvalue weighted by molar-refractivity contribution is -0.140. The normalized spacial score (nSPS) is 15.3. The molecule has 1 aliphatic carbocycles. The SMILES string of the molecule is CCC(C(=O)NC1CCCCC1)N(CCc1ccccc1)C(=O)Cc1ccccc1F. The monoisotopic (exact) mass is 424 g/mol. The zero-order valence-electron chi connectivity index (χ0n) is 18.4. The number of amides is 2. The second-order valence-electron chi connectivity index (χ2n) is 8.36. The number of benzene rings is 2. The number of halogens is 1. The molecule has 0 radical (unpaired) electrons. The topological polar surface area (TPSA) is 49.4 Å². The molecule has 0 bridgehead atoms. The minimum Gasteiger partial charge on any atom is -0.352 e. The second kappa shape index (κ2) is 11.6. The van der Waals surface area contributed by atoms with E-state index in [1.54, 1.807) is 23.1 Å². The molecule has 1 saturated carbocycles. The van der Waals surface area contributed by atoms with Crippen molar-refractivity contribution in [2.45, 2.75) is 70.4 Å². The predicted molar refractivity (Wildman–Crippen MR) is 121 cm³/mol. The van der Waals surface area contributed by atoms with Gasteiger partial charge in [-0.05, 0) is 42.9 Å². The van der Waals surface area contributed by atoms with Gasteiger partial charge in [0.15, 0.2) is 0 Å². The molecule has 0 saturated heterocycles. The van der Waals surface area contributed by atoms with Crippen LogP contribution >= 0.6 is 0 Å². The standard InChI is InChI=1S/C26H33FN2O2/c1-2-24(26(31)28-22-14-7-4-8-15-22)29(18-17-20-11-5-3-6-12-20)25(30)19-21-13-9-10-16-23(21)27/h3,5-6,9-13,16,22,24H,2,4,7-8,14-15,17-19H2,1H3,(H,28,31). The summed E-state index contributed by atoms with van der Waals surface area (Å²) in [6.07, 6.45) is 6.60. The van der Waals surface area contributed by atoms with Crippen LogP contribution in [0.4, 0.5) is 4.39 Å². The van der Waals surface area contributed by atoms with Crippen molar-refractivity contribution in [3.8, 4) is 0 Å². The van der Waals surface area contributed by atoms with E-state index in [0.717, 1.165) is 31.2 Å². The van der Waals surface area contributed by atoms with Gasteiger partial charge in [0.05, 0.1) is 6.42 Å². The molecule has 1 fully saturated rings. The number of carbonyl (C=O) groups excluding carboxylic acids is 2. The zero-order chi connectivity index (χ0) is 22.1. The van der Waals surface area contributed by atoms with E-state index in [0.29, 0.717) is 24.9 Å². The van der Waals surface area contributed by atoms with Crippen molar-refractivity contribution in [1.82, 2.24) is 10.2 Å². The van der Waals surface area contributed by atoms with E-state index in [2.05, 4.69) is 5.32 Å². The number of rotatable bonds is 9. The molecule has 1 aliphatic rings. The summed E-state index contributed by atoms with van der Waals surface area (Å²) in [6.45, 7) is 2.35. The van der Waals surface area contributed by atoms with Gasteiger partial charge in [-0.25, -0.2) is 4.39 Å². The smallest absolute Gasteiger partial charge is 0.243 e. The lowest BCUT2D eigenvalue weighted by atomic mass is 9.95. The lowest BCUT2D eigenvalue weighted by Crippen LogP contribution is -2.52. The molecule has 4 nitrogen and oxygen atoms in total. The Bertz CT molecular complexity index is 849. The number of nitrogens with one attached hydrogen (secondary N) is 1. The highest BCUT2D eigenvalue weighted by Gasteiger charge is 2.30. The first-order valence-electron chi connectivity index (χ1n) is 11.5. The van der Waals surface area contributed by atoms with Crippen molar-refractivity contribution in [1.29, 1.82) is 0 Å². The van der Waals surface area contributed by atoms with Crippen molar-refractivity contribution in [2.75, 3.05) is 6.54 Å². The average Bonchev–Trinajstić information content (AvgIpc) is 2.79. The summed E-state index contributed by atoms with van der Waals surface area (Å²) in [6, 6.07) is 15.9. The third-order valence-electron chi connectivity index (χ3n) is 6.12. The minimum atomic E-state index is -0.551. The Hall–Kier alpha value is -2.69. The summed E-state index contributed by atoms with van der Waals surface area (Å²) in [5, 5.41) is 3.17. The van der Waals surface area contributed by atoms with Crippen molar-refractivity contribution in [3.05, 3.63) is 71.5 Å². The Kier molecular flexibility index (Phi) is 8.63. The largest absolute Gasteiger partial charge is 0.352 e. The summed E-state index contributed by atoms with van der Waals surface area (Å²) in [5.41, 5.74) is 1.47. The molecule has 31 heavy (non-hydrogen) atoms. The quantitative estimate of drug-likeness (QED) is 0.636. The van der Waals surface area contributed by atoms with Crippen molar-refractivity contribution in [2.24, 2.45) is 0 Å². The van der Waals surface area contributed by atoms with E-state index in [9.17, 15) is 14.0 Å². The van der Waals surface area contributed by atoms with Crippen LogP contribution in [0.5, 0.6) is 0 Å². The molecular formula is C26H33FN2O2. The second-order valence-corrected chi connectivity index (χ2v) is 8.36. The molecule has 1 unspecified atom stereocenters. The Balaban J connectivity index is 1.75. The number of hydrogen-bond acceptors (Lipinski definition) is 2. The summed E-state index contributed by atoms with van der Waals surface area (Å²) in [7, 11) is 0. The maximum atomic E-state index is 14.2. The molecule has 1 N–H and O–H groups in total. The summed E-state index contributed by atoms with van der Waals surface area (Å²) < 4.78 is 14.2. The minimum absolute atomic E-state index is 0.0470. The van der Waals surface area contributed by atoms with E-state index in [-0.39, 0.29) is 24.3 Å². The average molecular weight is 425 g/mol. The first-order chi connectivity index (χ1) is 15.1. The van der Waals surface area contributed by atoms with Gasteiger partial charge in [0.2, 0.25) is 11.8 Å². The van der Waals surface area contributed by atoms with E-state index < -0.39 is 11.9 Å². The van der Waals surface area contributed by atoms with Crippen molar-refractivity contribution < 1.29 is 14.0 Å². The molecule has 5 heteroatoms. The molecule has 3 rings (SSSR count). The predicted octanol–water partition coefficient (Wildman–Crippen LogP) is 4.67.